The van der Waals surface area contributed by atoms with Crippen LogP contribution in [-0.4, -0.2) is 23.4 Å². The molecule has 1 heterocycles. The SMILES string of the molecule is CCOC(=O)c1c(C=O)c(C2CC2)cn1C. The van der Waals surface area contributed by atoms with Crippen molar-refractivity contribution in [1.29, 1.82) is 0 Å². The Hall–Kier alpha value is -1.58. The monoisotopic (exact) mass is 221 g/mol. The van der Waals surface area contributed by atoms with Gasteiger partial charge in [0.2, 0.25) is 0 Å². The molecule has 0 unspecified atom stereocenters. The Bertz CT molecular complexity index is 430. The van der Waals surface area contributed by atoms with E-state index < -0.39 is 5.97 Å². The summed E-state index contributed by atoms with van der Waals surface area (Å²) >= 11 is 0. The minimum Gasteiger partial charge on any atom is -0.461 e. The van der Waals surface area contributed by atoms with Gasteiger partial charge in [0.25, 0.3) is 0 Å². The number of rotatable bonds is 4. The lowest BCUT2D eigenvalue weighted by Crippen LogP contribution is -2.11. The number of hydrogen-bond donors (Lipinski definition) is 0. The topological polar surface area (TPSA) is 48.3 Å². The first-order chi connectivity index (χ1) is 7.69. The molecular formula is C12H15NO3. The van der Waals surface area contributed by atoms with Crippen LogP contribution in [0.15, 0.2) is 6.20 Å². The van der Waals surface area contributed by atoms with Gasteiger partial charge in [-0.15, -0.1) is 0 Å². The average molecular weight is 221 g/mol. The molecule has 1 saturated carbocycles. The zero-order chi connectivity index (χ0) is 11.7. The van der Waals surface area contributed by atoms with Gasteiger partial charge in [-0.25, -0.2) is 4.79 Å². The quantitative estimate of drug-likeness (QED) is 0.576. The van der Waals surface area contributed by atoms with Gasteiger partial charge >= 0.3 is 5.97 Å². The highest BCUT2D eigenvalue weighted by atomic mass is 16.5. The van der Waals surface area contributed by atoms with E-state index in [9.17, 15) is 9.59 Å². The van der Waals surface area contributed by atoms with Gasteiger partial charge in [0, 0.05) is 13.2 Å². The molecule has 1 fully saturated rings. The summed E-state index contributed by atoms with van der Waals surface area (Å²) in [5, 5.41) is 0. The van der Waals surface area contributed by atoms with E-state index >= 15 is 0 Å². The number of aldehydes is 1. The van der Waals surface area contributed by atoms with Crippen molar-refractivity contribution in [3.63, 3.8) is 0 Å². The van der Waals surface area contributed by atoms with Crippen LogP contribution >= 0.6 is 0 Å². The molecule has 1 aliphatic rings. The fourth-order valence-electron chi connectivity index (χ4n) is 1.97. The highest BCUT2D eigenvalue weighted by molar-refractivity contribution is 5.98. The molecule has 2 rings (SSSR count). The molecule has 0 bridgehead atoms. The van der Waals surface area contributed by atoms with Crippen LogP contribution in [0.3, 0.4) is 0 Å². The third kappa shape index (κ3) is 1.75. The number of esters is 1. The maximum absolute atomic E-state index is 11.7. The number of carbonyl (C=O) groups excluding carboxylic acids is 2. The minimum atomic E-state index is -0.418. The zero-order valence-electron chi connectivity index (χ0n) is 9.53. The van der Waals surface area contributed by atoms with Gasteiger partial charge < -0.3 is 9.30 Å². The molecule has 0 spiro atoms. The van der Waals surface area contributed by atoms with Crippen molar-refractivity contribution in [2.24, 2.45) is 7.05 Å². The first kappa shape index (κ1) is 10.9. The molecule has 0 radical (unpaired) electrons. The molecular weight excluding hydrogens is 206 g/mol. The molecule has 16 heavy (non-hydrogen) atoms. The number of nitrogens with zero attached hydrogens (tertiary/aromatic N) is 1. The van der Waals surface area contributed by atoms with E-state index in [4.69, 9.17) is 4.74 Å². The van der Waals surface area contributed by atoms with Crippen LogP contribution in [0.4, 0.5) is 0 Å². The van der Waals surface area contributed by atoms with Crippen molar-refractivity contribution < 1.29 is 14.3 Å². The van der Waals surface area contributed by atoms with E-state index in [2.05, 4.69) is 0 Å². The summed E-state index contributed by atoms with van der Waals surface area (Å²) in [5.41, 5.74) is 1.86. The maximum atomic E-state index is 11.7. The van der Waals surface area contributed by atoms with E-state index in [1.807, 2.05) is 6.20 Å². The highest BCUT2D eigenvalue weighted by Gasteiger charge is 2.31. The van der Waals surface area contributed by atoms with Gasteiger partial charge in [-0.05, 0) is 31.2 Å². The number of carbonyl (C=O) groups is 2. The van der Waals surface area contributed by atoms with Crippen LogP contribution < -0.4 is 0 Å². The van der Waals surface area contributed by atoms with Crippen LogP contribution in [0.25, 0.3) is 0 Å². The lowest BCUT2D eigenvalue weighted by molar-refractivity contribution is 0.0513. The Morgan fingerprint density at radius 2 is 2.31 bits per heavy atom. The summed E-state index contributed by atoms with van der Waals surface area (Å²) in [6, 6.07) is 0. The molecule has 86 valence electrons. The molecule has 1 aromatic heterocycles. The number of aromatic nitrogens is 1. The summed E-state index contributed by atoms with van der Waals surface area (Å²) in [4.78, 5) is 22.8. The Balaban J connectivity index is 2.42. The second-order valence-corrected chi connectivity index (χ2v) is 4.07. The molecule has 0 aromatic carbocycles. The molecule has 4 nitrogen and oxygen atoms in total. The predicted molar refractivity (Wildman–Crippen MR) is 58.7 cm³/mol. The van der Waals surface area contributed by atoms with Crippen LogP contribution in [-0.2, 0) is 11.8 Å². The average Bonchev–Trinajstić information content (AvgIpc) is 3.02. The molecule has 0 aliphatic heterocycles. The second-order valence-electron chi connectivity index (χ2n) is 4.07. The Morgan fingerprint density at radius 3 is 2.81 bits per heavy atom. The van der Waals surface area contributed by atoms with E-state index in [0.717, 1.165) is 24.7 Å². The van der Waals surface area contributed by atoms with Crippen LogP contribution in [0.2, 0.25) is 0 Å². The van der Waals surface area contributed by atoms with Crippen molar-refractivity contribution in [3.05, 3.63) is 23.0 Å². The van der Waals surface area contributed by atoms with Gasteiger partial charge in [-0.3, -0.25) is 4.79 Å². The first-order valence-corrected chi connectivity index (χ1v) is 5.50. The van der Waals surface area contributed by atoms with Crippen molar-refractivity contribution in [3.8, 4) is 0 Å². The number of aryl methyl sites for hydroxylation is 1. The van der Waals surface area contributed by atoms with Gasteiger partial charge in [-0.1, -0.05) is 0 Å². The zero-order valence-corrected chi connectivity index (χ0v) is 9.53. The van der Waals surface area contributed by atoms with Gasteiger partial charge in [0.15, 0.2) is 6.29 Å². The molecule has 0 amide bonds. The first-order valence-electron chi connectivity index (χ1n) is 5.50. The standard InChI is InChI=1S/C12H15NO3/c1-3-16-12(15)11-10(7-14)9(6-13(11)2)8-4-5-8/h6-8H,3-5H2,1-2H3. The van der Waals surface area contributed by atoms with E-state index in [1.54, 1.807) is 18.5 Å². The van der Waals surface area contributed by atoms with Crippen molar-refractivity contribution in [2.75, 3.05) is 6.61 Å². The third-order valence-electron chi connectivity index (χ3n) is 2.86. The van der Waals surface area contributed by atoms with Gasteiger partial charge in [0.1, 0.15) is 5.69 Å². The lowest BCUT2D eigenvalue weighted by Gasteiger charge is -2.03. The van der Waals surface area contributed by atoms with Crippen LogP contribution in [0.5, 0.6) is 0 Å². The Labute approximate surface area is 94.2 Å². The summed E-state index contributed by atoms with van der Waals surface area (Å²) in [6.45, 7) is 2.07. The second kappa shape index (κ2) is 4.12. The van der Waals surface area contributed by atoms with E-state index in [1.165, 1.54) is 0 Å². The van der Waals surface area contributed by atoms with Gasteiger partial charge in [-0.2, -0.15) is 0 Å². The number of ether oxygens (including phenoxy) is 1. The van der Waals surface area contributed by atoms with Crippen LogP contribution in [0, 0.1) is 0 Å². The minimum absolute atomic E-state index is 0.321. The predicted octanol–water partition coefficient (Wildman–Crippen LogP) is 1.89. The maximum Gasteiger partial charge on any atom is 0.355 e. The molecule has 0 atom stereocenters. The largest absolute Gasteiger partial charge is 0.461 e. The summed E-state index contributed by atoms with van der Waals surface area (Å²) in [7, 11) is 1.77. The Kier molecular flexibility index (Phi) is 2.81. The van der Waals surface area contributed by atoms with Crippen molar-refractivity contribution >= 4 is 12.3 Å². The Morgan fingerprint density at radius 1 is 1.62 bits per heavy atom. The molecule has 1 aromatic rings. The smallest absolute Gasteiger partial charge is 0.355 e. The van der Waals surface area contributed by atoms with E-state index in [0.29, 0.717) is 23.8 Å². The molecule has 0 saturated heterocycles. The molecule has 0 N–H and O–H groups in total. The summed E-state index contributed by atoms with van der Waals surface area (Å²) in [5.74, 6) is 0.0357. The molecule has 4 heteroatoms. The third-order valence-corrected chi connectivity index (χ3v) is 2.86. The normalized spacial score (nSPS) is 14.9. The molecule has 1 aliphatic carbocycles. The lowest BCUT2D eigenvalue weighted by atomic mass is 10.1. The van der Waals surface area contributed by atoms with Crippen molar-refractivity contribution in [2.45, 2.75) is 25.7 Å². The van der Waals surface area contributed by atoms with Crippen LogP contribution in [0.1, 0.15) is 52.1 Å². The summed E-state index contributed by atoms with van der Waals surface area (Å²) < 4.78 is 6.64. The van der Waals surface area contributed by atoms with Gasteiger partial charge in [0.05, 0.1) is 12.2 Å². The fraction of sp³-hybridized carbons (Fsp3) is 0.500. The van der Waals surface area contributed by atoms with E-state index in [-0.39, 0.29) is 0 Å². The van der Waals surface area contributed by atoms with Crippen molar-refractivity contribution in [1.82, 2.24) is 4.57 Å². The number of hydrogen-bond acceptors (Lipinski definition) is 3. The summed E-state index contributed by atoms with van der Waals surface area (Å²) in [6.07, 6.45) is 4.84. The highest BCUT2D eigenvalue weighted by Crippen LogP contribution is 2.42. The fourth-order valence-corrected chi connectivity index (χ4v) is 1.97.